The van der Waals surface area contributed by atoms with Crippen molar-refractivity contribution in [3.63, 3.8) is 0 Å². The van der Waals surface area contributed by atoms with E-state index in [1.807, 2.05) is 79.0 Å². The second-order valence-electron chi connectivity index (χ2n) is 9.27. The first-order chi connectivity index (χ1) is 17.7. The largest absolute Gasteiger partial charge is 0.467 e. The third-order valence-corrected chi connectivity index (χ3v) is 6.99. The highest BCUT2D eigenvalue weighted by molar-refractivity contribution is 6.01. The van der Waals surface area contributed by atoms with Crippen molar-refractivity contribution in [2.75, 3.05) is 16.8 Å². The average Bonchev–Trinajstić information content (AvgIpc) is 3.37. The van der Waals surface area contributed by atoms with Gasteiger partial charge in [0.15, 0.2) is 0 Å². The third kappa shape index (κ3) is 3.86. The van der Waals surface area contributed by atoms with Gasteiger partial charge in [0.05, 0.1) is 23.3 Å². The van der Waals surface area contributed by atoms with Crippen LogP contribution in [0.25, 0.3) is 5.69 Å². The number of aromatic nitrogens is 1. The molecule has 7 nitrogen and oxygen atoms in total. The first-order valence-electron chi connectivity index (χ1n) is 12.4. The van der Waals surface area contributed by atoms with E-state index in [0.29, 0.717) is 5.76 Å². The van der Waals surface area contributed by atoms with Crippen molar-refractivity contribution in [1.29, 1.82) is 0 Å². The van der Waals surface area contributed by atoms with E-state index in [-0.39, 0.29) is 24.5 Å². The topological polar surface area (TPSA) is 70.7 Å². The van der Waals surface area contributed by atoms with Crippen LogP contribution in [0.15, 0.2) is 89.7 Å². The fourth-order valence-corrected chi connectivity index (χ4v) is 5.09. The number of benzene rings is 2. The summed E-state index contributed by atoms with van der Waals surface area (Å²) in [5, 5.41) is 3.05. The number of rotatable bonds is 6. The third-order valence-electron chi connectivity index (χ3n) is 6.99. The Morgan fingerprint density at radius 3 is 2.50 bits per heavy atom. The number of hydrogen-bond acceptors (Lipinski definition) is 3. The standard InChI is InChI=1S/C29H28N4O3/c1-2-20-9-3-4-10-22(20)30-29(35)32(21-15-16-21)19-27(34)33-24-12-6-5-11-23(24)31-17-7-13-25(31)28(33)26-14-8-18-36-26/h3-14,17-18,21,28H,2,15-16,19H2,1H3,(H,30,35). The van der Waals surface area contributed by atoms with E-state index in [0.717, 1.165) is 47.6 Å². The lowest BCUT2D eigenvalue weighted by molar-refractivity contribution is -0.119. The number of carbonyl (C=O) groups is 2. The van der Waals surface area contributed by atoms with Gasteiger partial charge in [-0.15, -0.1) is 0 Å². The maximum Gasteiger partial charge on any atom is 0.322 e. The minimum Gasteiger partial charge on any atom is -0.467 e. The van der Waals surface area contributed by atoms with Gasteiger partial charge >= 0.3 is 6.03 Å². The molecular weight excluding hydrogens is 452 g/mol. The Bertz CT molecular complexity index is 1400. The molecule has 3 amide bonds. The SMILES string of the molecule is CCc1ccccc1NC(=O)N(CC(=O)N1c2ccccc2-n2cccc2C1c1ccco1)C1CC1. The quantitative estimate of drug-likeness (QED) is 0.381. The van der Waals surface area contributed by atoms with Crippen molar-refractivity contribution in [2.24, 2.45) is 0 Å². The summed E-state index contributed by atoms with van der Waals surface area (Å²) in [6, 6.07) is 22.8. The number of hydrogen-bond donors (Lipinski definition) is 1. The van der Waals surface area contributed by atoms with Gasteiger partial charge in [-0.3, -0.25) is 9.69 Å². The van der Waals surface area contributed by atoms with E-state index < -0.39 is 6.04 Å². The number of anilines is 2. The molecule has 1 saturated carbocycles. The minimum absolute atomic E-state index is 0.0168. The number of furan rings is 1. The lowest BCUT2D eigenvalue weighted by Gasteiger charge is -2.38. The Balaban J connectivity index is 1.34. The van der Waals surface area contributed by atoms with Crippen LogP contribution in [0, 0.1) is 0 Å². The molecule has 1 atom stereocenters. The molecule has 1 aliphatic heterocycles. The van der Waals surface area contributed by atoms with Crippen LogP contribution in [0.1, 0.15) is 42.8 Å². The van der Waals surface area contributed by atoms with Gasteiger partial charge in [-0.1, -0.05) is 37.3 Å². The molecule has 6 rings (SSSR count). The smallest absolute Gasteiger partial charge is 0.322 e. The molecule has 1 N–H and O–H groups in total. The van der Waals surface area contributed by atoms with Crippen LogP contribution in [0.3, 0.4) is 0 Å². The Labute approximate surface area is 209 Å². The van der Waals surface area contributed by atoms with E-state index in [1.54, 1.807) is 16.1 Å². The van der Waals surface area contributed by atoms with Gasteiger partial charge in [0, 0.05) is 17.9 Å². The average molecular weight is 481 g/mol. The molecular formula is C29H28N4O3. The fraction of sp³-hybridized carbons (Fsp3) is 0.241. The predicted molar refractivity (Wildman–Crippen MR) is 138 cm³/mol. The van der Waals surface area contributed by atoms with E-state index in [1.165, 1.54) is 0 Å². The number of carbonyl (C=O) groups excluding carboxylic acids is 2. The first kappa shape index (κ1) is 22.2. The summed E-state index contributed by atoms with van der Waals surface area (Å²) in [5.74, 6) is 0.527. The number of amides is 3. The van der Waals surface area contributed by atoms with Crippen LogP contribution >= 0.6 is 0 Å². The number of para-hydroxylation sites is 3. The molecule has 7 heteroatoms. The number of nitrogens with one attached hydrogen (secondary N) is 1. The maximum absolute atomic E-state index is 14.1. The number of aryl methyl sites for hydroxylation is 1. The van der Waals surface area contributed by atoms with Gasteiger partial charge in [0.2, 0.25) is 5.91 Å². The van der Waals surface area contributed by atoms with Gasteiger partial charge in [0.1, 0.15) is 18.3 Å². The lowest BCUT2D eigenvalue weighted by Crippen LogP contribution is -2.48. The summed E-state index contributed by atoms with van der Waals surface area (Å²) in [6.07, 6.45) is 6.24. The number of urea groups is 1. The van der Waals surface area contributed by atoms with Crippen LogP contribution in [-0.4, -0.2) is 34.0 Å². The van der Waals surface area contributed by atoms with Crippen molar-refractivity contribution in [3.05, 3.63) is 102 Å². The van der Waals surface area contributed by atoms with Gasteiger partial charge in [-0.2, -0.15) is 0 Å². The van der Waals surface area contributed by atoms with Crippen LogP contribution in [0.2, 0.25) is 0 Å². The fourth-order valence-electron chi connectivity index (χ4n) is 5.09. The van der Waals surface area contributed by atoms with Gasteiger partial charge in [0.25, 0.3) is 0 Å². The zero-order chi connectivity index (χ0) is 24.6. The normalized spacial score (nSPS) is 16.2. The van der Waals surface area contributed by atoms with Crippen LogP contribution in [0.5, 0.6) is 0 Å². The lowest BCUT2D eigenvalue weighted by atomic mass is 10.0. The van der Waals surface area contributed by atoms with Gasteiger partial charge in [-0.25, -0.2) is 4.79 Å². The van der Waals surface area contributed by atoms with Crippen LogP contribution < -0.4 is 10.2 Å². The first-order valence-corrected chi connectivity index (χ1v) is 12.4. The molecule has 36 heavy (non-hydrogen) atoms. The molecule has 1 unspecified atom stereocenters. The molecule has 2 aliphatic rings. The predicted octanol–water partition coefficient (Wildman–Crippen LogP) is 5.77. The monoisotopic (exact) mass is 480 g/mol. The molecule has 2 aromatic heterocycles. The molecule has 0 spiro atoms. The summed E-state index contributed by atoms with van der Waals surface area (Å²) in [4.78, 5) is 31.0. The van der Waals surface area contributed by atoms with E-state index in [4.69, 9.17) is 4.42 Å². The van der Waals surface area contributed by atoms with Crippen molar-refractivity contribution in [2.45, 2.75) is 38.3 Å². The molecule has 182 valence electrons. The maximum atomic E-state index is 14.1. The molecule has 4 aromatic rings. The van der Waals surface area contributed by atoms with E-state index in [2.05, 4.69) is 16.8 Å². The molecule has 1 fully saturated rings. The highest BCUT2D eigenvalue weighted by Crippen LogP contribution is 2.42. The molecule has 0 bridgehead atoms. The number of fused-ring (bicyclic) bond motifs is 3. The number of nitrogens with zero attached hydrogens (tertiary/aromatic N) is 3. The Morgan fingerprint density at radius 2 is 1.75 bits per heavy atom. The van der Waals surface area contributed by atoms with Crippen molar-refractivity contribution in [3.8, 4) is 5.69 Å². The van der Waals surface area contributed by atoms with Crippen molar-refractivity contribution < 1.29 is 14.0 Å². The van der Waals surface area contributed by atoms with Gasteiger partial charge < -0.3 is 19.2 Å². The highest BCUT2D eigenvalue weighted by Gasteiger charge is 2.41. The zero-order valence-electron chi connectivity index (χ0n) is 20.1. The highest BCUT2D eigenvalue weighted by atomic mass is 16.3. The van der Waals surface area contributed by atoms with Crippen molar-refractivity contribution in [1.82, 2.24) is 9.47 Å². The second-order valence-corrected chi connectivity index (χ2v) is 9.27. The second kappa shape index (κ2) is 9.07. The summed E-state index contributed by atoms with van der Waals surface area (Å²) >= 11 is 0. The summed E-state index contributed by atoms with van der Waals surface area (Å²) in [7, 11) is 0. The Hall–Kier alpha value is -4.26. The van der Waals surface area contributed by atoms with Crippen molar-refractivity contribution >= 4 is 23.3 Å². The van der Waals surface area contributed by atoms with Gasteiger partial charge in [-0.05, 0) is 67.3 Å². The molecule has 0 saturated heterocycles. The Morgan fingerprint density at radius 1 is 0.972 bits per heavy atom. The zero-order valence-corrected chi connectivity index (χ0v) is 20.1. The molecule has 3 heterocycles. The van der Waals surface area contributed by atoms with Crippen LogP contribution in [-0.2, 0) is 11.2 Å². The van der Waals surface area contributed by atoms with E-state index in [9.17, 15) is 9.59 Å². The Kier molecular flexibility index (Phi) is 5.60. The molecule has 0 radical (unpaired) electrons. The summed E-state index contributed by atoms with van der Waals surface area (Å²) in [6.45, 7) is 2.04. The van der Waals surface area contributed by atoms with Crippen LogP contribution in [0.4, 0.5) is 16.2 Å². The summed E-state index contributed by atoms with van der Waals surface area (Å²) < 4.78 is 7.91. The minimum atomic E-state index is -0.428. The molecule has 1 aliphatic carbocycles. The molecule has 2 aromatic carbocycles. The van der Waals surface area contributed by atoms with E-state index >= 15 is 0 Å². The summed E-state index contributed by atoms with van der Waals surface area (Å²) in [5.41, 5.74) is 4.51.